The second kappa shape index (κ2) is 8.44. The number of aryl methyl sites for hydroxylation is 3. The smallest absolute Gasteiger partial charge is 0.244 e. The van der Waals surface area contributed by atoms with E-state index in [4.69, 9.17) is 0 Å². The summed E-state index contributed by atoms with van der Waals surface area (Å²) in [5, 5.41) is 3.33. The quantitative estimate of drug-likeness (QED) is 0.618. The van der Waals surface area contributed by atoms with Crippen molar-refractivity contribution in [3.63, 3.8) is 0 Å². The average Bonchev–Trinajstić information content (AvgIpc) is 2.98. The molecule has 0 aliphatic carbocycles. The van der Waals surface area contributed by atoms with E-state index in [0.717, 1.165) is 16.7 Å². The zero-order valence-corrected chi connectivity index (χ0v) is 16.9. The molecule has 0 aromatic heterocycles. The number of allylic oxidation sites excluding steroid dienone is 1. The van der Waals surface area contributed by atoms with Crippen LogP contribution >= 0.6 is 11.8 Å². The predicted octanol–water partition coefficient (Wildman–Crippen LogP) is 3.85. The van der Waals surface area contributed by atoms with E-state index in [1.165, 1.54) is 22.7 Å². The molecule has 28 heavy (non-hydrogen) atoms. The average molecular weight is 394 g/mol. The van der Waals surface area contributed by atoms with E-state index in [0.29, 0.717) is 16.3 Å². The first-order valence-corrected chi connectivity index (χ1v) is 9.95. The van der Waals surface area contributed by atoms with Crippen molar-refractivity contribution in [3.05, 3.63) is 75.8 Å². The Bertz CT molecular complexity index is 981. The number of amides is 2. The maximum atomic E-state index is 12.6. The number of carbonyl (C=O) groups is 3. The van der Waals surface area contributed by atoms with Crippen LogP contribution in [-0.4, -0.2) is 34.8 Å². The van der Waals surface area contributed by atoms with E-state index in [-0.39, 0.29) is 29.9 Å². The Morgan fingerprint density at radius 2 is 1.82 bits per heavy atom. The van der Waals surface area contributed by atoms with E-state index in [1.807, 2.05) is 51.1 Å². The molecule has 0 saturated carbocycles. The van der Waals surface area contributed by atoms with E-state index >= 15 is 0 Å². The summed E-state index contributed by atoms with van der Waals surface area (Å²) in [5.74, 6) is -0.420. The van der Waals surface area contributed by atoms with Crippen molar-refractivity contribution in [2.45, 2.75) is 20.8 Å². The van der Waals surface area contributed by atoms with E-state index < -0.39 is 0 Å². The van der Waals surface area contributed by atoms with Gasteiger partial charge in [0.2, 0.25) is 11.8 Å². The lowest BCUT2D eigenvalue weighted by molar-refractivity contribution is -0.129. The number of carbonyl (C=O) groups excluding carboxylic acids is 3. The molecule has 3 rings (SSSR count). The van der Waals surface area contributed by atoms with Crippen molar-refractivity contribution in [1.82, 2.24) is 4.90 Å². The minimum atomic E-state index is -0.298. The van der Waals surface area contributed by atoms with Crippen LogP contribution in [0.1, 0.15) is 27.0 Å². The van der Waals surface area contributed by atoms with Crippen LogP contribution in [0.2, 0.25) is 0 Å². The highest BCUT2D eigenvalue weighted by Gasteiger charge is 2.29. The van der Waals surface area contributed by atoms with Crippen molar-refractivity contribution in [3.8, 4) is 0 Å². The van der Waals surface area contributed by atoms with Crippen molar-refractivity contribution in [2.75, 3.05) is 17.6 Å². The standard InChI is InChI=1S/C22H22N2O3S/c1-14-8-9-17(10-16(14)3)23-20(26)12-24-21(27)13-28-22(24)11-19(25)18-7-5-4-6-15(18)2/h4-11H,12-13H2,1-3H3,(H,23,26)/b22-11-. The van der Waals surface area contributed by atoms with Gasteiger partial charge in [-0.2, -0.15) is 0 Å². The molecule has 0 atom stereocenters. The van der Waals surface area contributed by atoms with Crippen LogP contribution in [-0.2, 0) is 9.59 Å². The summed E-state index contributed by atoms with van der Waals surface area (Å²) in [6.07, 6.45) is 1.45. The van der Waals surface area contributed by atoms with Crippen molar-refractivity contribution < 1.29 is 14.4 Å². The van der Waals surface area contributed by atoms with Gasteiger partial charge in [0, 0.05) is 17.3 Å². The lowest BCUT2D eigenvalue weighted by atomic mass is 10.1. The van der Waals surface area contributed by atoms with Crippen molar-refractivity contribution >= 4 is 35.0 Å². The molecule has 144 valence electrons. The van der Waals surface area contributed by atoms with Crippen LogP contribution in [0, 0.1) is 20.8 Å². The van der Waals surface area contributed by atoms with Gasteiger partial charge >= 0.3 is 0 Å². The largest absolute Gasteiger partial charge is 0.325 e. The lowest BCUT2D eigenvalue weighted by Gasteiger charge is -2.17. The third-order valence-corrected chi connectivity index (χ3v) is 5.69. The summed E-state index contributed by atoms with van der Waals surface area (Å²) in [6, 6.07) is 13.0. The monoisotopic (exact) mass is 394 g/mol. The fourth-order valence-electron chi connectivity index (χ4n) is 2.90. The van der Waals surface area contributed by atoms with Crippen LogP contribution < -0.4 is 5.32 Å². The van der Waals surface area contributed by atoms with Gasteiger partial charge in [-0.3, -0.25) is 19.3 Å². The number of hydrogen-bond acceptors (Lipinski definition) is 4. The number of rotatable bonds is 5. The Morgan fingerprint density at radius 1 is 1.07 bits per heavy atom. The normalized spacial score (nSPS) is 15.2. The molecule has 1 heterocycles. The zero-order chi connectivity index (χ0) is 20.3. The summed E-state index contributed by atoms with van der Waals surface area (Å²) in [5.41, 5.74) is 4.38. The Morgan fingerprint density at radius 3 is 2.54 bits per heavy atom. The minimum Gasteiger partial charge on any atom is -0.325 e. The Labute approximate surface area is 168 Å². The number of hydrogen-bond donors (Lipinski definition) is 1. The number of nitrogens with one attached hydrogen (secondary N) is 1. The molecule has 1 fully saturated rings. The summed E-state index contributed by atoms with van der Waals surface area (Å²) >= 11 is 1.28. The molecule has 0 bridgehead atoms. The van der Waals surface area contributed by atoms with Gasteiger partial charge in [-0.05, 0) is 49.6 Å². The zero-order valence-electron chi connectivity index (χ0n) is 16.1. The first-order valence-electron chi connectivity index (χ1n) is 8.97. The molecule has 2 aromatic rings. The Balaban J connectivity index is 1.73. The maximum Gasteiger partial charge on any atom is 0.244 e. The highest BCUT2D eigenvalue weighted by molar-refractivity contribution is 8.04. The van der Waals surface area contributed by atoms with Crippen molar-refractivity contribution in [1.29, 1.82) is 0 Å². The third-order valence-electron chi connectivity index (χ3n) is 4.67. The van der Waals surface area contributed by atoms with E-state index in [1.54, 1.807) is 12.1 Å². The van der Waals surface area contributed by atoms with E-state index in [9.17, 15) is 14.4 Å². The number of ketones is 1. The van der Waals surface area contributed by atoms with Crippen molar-refractivity contribution in [2.24, 2.45) is 0 Å². The first-order chi connectivity index (χ1) is 13.3. The fourth-order valence-corrected chi connectivity index (χ4v) is 3.84. The van der Waals surface area contributed by atoms with Crippen LogP contribution in [0.4, 0.5) is 5.69 Å². The summed E-state index contributed by atoms with van der Waals surface area (Å²) < 4.78 is 0. The molecule has 6 heteroatoms. The van der Waals surface area contributed by atoms with Crippen LogP contribution in [0.5, 0.6) is 0 Å². The number of benzene rings is 2. The summed E-state index contributed by atoms with van der Waals surface area (Å²) in [7, 11) is 0. The maximum absolute atomic E-state index is 12.6. The molecule has 5 nitrogen and oxygen atoms in total. The van der Waals surface area contributed by atoms with Gasteiger partial charge < -0.3 is 5.32 Å². The SMILES string of the molecule is Cc1ccc(NC(=O)CN2C(=O)CS/C2=C\C(=O)c2ccccc2C)cc1C. The van der Waals surface area contributed by atoms with Crippen LogP contribution in [0.25, 0.3) is 0 Å². The van der Waals surface area contributed by atoms with Crippen LogP contribution in [0.3, 0.4) is 0 Å². The second-order valence-electron chi connectivity index (χ2n) is 6.78. The Kier molecular flexibility index (Phi) is 5.99. The van der Waals surface area contributed by atoms with Gasteiger partial charge in [0.15, 0.2) is 5.78 Å². The van der Waals surface area contributed by atoms with Gasteiger partial charge in [0.25, 0.3) is 0 Å². The summed E-state index contributed by atoms with van der Waals surface area (Å²) in [6.45, 7) is 5.73. The molecular formula is C22H22N2O3S. The molecule has 0 spiro atoms. The summed E-state index contributed by atoms with van der Waals surface area (Å²) in [4.78, 5) is 38.6. The lowest BCUT2D eigenvalue weighted by Crippen LogP contribution is -2.34. The van der Waals surface area contributed by atoms with Gasteiger partial charge in [-0.15, -0.1) is 0 Å². The number of nitrogens with zero attached hydrogens (tertiary/aromatic N) is 1. The number of thioether (sulfide) groups is 1. The molecular weight excluding hydrogens is 372 g/mol. The van der Waals surface area contributed by atoms with E-state index in [2.05, 4.69) is 5.32 Å². The predicted molar refractivity (Wildman–Crippen MR) is 112 cm³/mol. The number of anilines is 1. The molecule has 1 aliphatic heterocycles. The highest BCUT2D eigenvalue weighted by Crippen LogP contribution is 2.29. The Hall–Kier alpha value is -2.86. The fraction of sp³-hybridized carbons (Fsp3) is 0.227. The molecule has 1 N–H and O–H groups in total. The second-order valence-corrected chi connectivity index (χ2v) is 7.77. The van der Waals surface area contributed by atoms with Crippen LogP contribution in [0.15, 0.2) is 53.6 Å². The molecule has 1 saturated heterocycles. The highest BCUT2D eigenvalue weighted by atomic mass is 32.2. The molecule has 2 aromatic carbocycles. The minimum absolute atomic E-state index is 0.119. The van der Waals surface area contributed by atoms with Gasteiger partial charge in [0.1, 0.15) is 6.54 Å². The molecule has 0 unspecified atom stereocenters. The molecule has 2 amide bonds. The van der Waals surface area contributed by atoms with Gasteiger partial charge in [0.05, 0.1) is 10.8 Å². The molecule has 0 radical (unpaired) electrons. The topological polar surface area (TPSA) is 66.5 Å². The van der Waals surface area contributed by atoms with Gasteiger partial charge in [-0.25, -0.2) is 0 Å². The first kappa shape index (κ1) is 19.9. The van der Waals surface area contributed by atoms with Gasteiger partial charge in [-0.1, -0.05) is 42.1 Å². The third kappa shape index (κ3) is 4.51. The molecule has 1 aliphatic rings.